The van der Waals surface area contributed by atoms with Gasteiger partial charge < -0.3 is 15.5 Å². The highest BCUT2D eigenvalue weighted by Gasteiger charge is 2.15. The molecule has 0 radical (unpaired) electrons. The van der Waals surface area contributed by atoms with Gasteiger partial charge >= 0.3 is 0 Å². The van der Waals surface area contributed by atoms with Gasteiger partial charge in [-0.2, -0.15) is 0 Å². The average molecular weight is 263 g/mol. The van der Waals surface area contributed by atoms with Gasteiger partial charge in [-0.3, -0.25) is 0 Å². The first kappa shape index (κ1) is 14.1. The molecule has 2 N–H and O–H groups in total. The fourth-order valence-electron chi connectivity index (χ4n) is 2.62. The Labute approximate surface area is 115 Å². The van der Waals surface area contributed by atoms with Crippen LogP contribution in [0.1, 0.15) is 25.3 Å². The molecule has 1 aliphatic heterocycles. The van der Waals surface area contributed by atoms with Crippen molar-refractivity contribution in [2.24, 2.45) is 5.92 Å². The number of hydrogen-bond acceptors (Lipinski definition) is 5. The van der Waals surface area contributed by atoms with Crippen LogP contribution in [-0.2, 0) is 0 Å². The maximum Gasteiger partial charge on any atom is 0.134 e. The van der Waals surface area contributed by atoms with Crippen LogP contribution in [-0.4, -0.2) is 48.1 Å². The summed E-state index contributed by atoms with van der Waals surface area (Å²) in [7, 11) is 1.88. The zero-order chi connectivity index (χ0) is 13.7. The van der Waals surface area contributed by atoms with Gasteiger partial charge in [0.15, 0.2) is 0 Å². The normalized spacial score (nSPS) is 17.4. The maximum absolute atomic E-state index is 4.31. The van der Waals surface area contributed by atoms with Gasteiger partial charge in [0.25, 0.3) is 0 Å². The summed E-state index contributed by atoms with van der Waals surface area (Å²) >= 11 is 0. The molecule has 1 aromatic heterocycles. The average Bonchev–Trinajstić information content (AvgIpc) is 2.90. The molecular formula is C14H25N5. The minimum absolute atomic E-state index is 0.630. The fraction of sp³-hybridized carbons (Fsp3) is 0.714. The summed E-state index contributed by atoms with van der Waals surface area (Å²) in [6.45, 7) is 9.00. The summed E-state index contributed by atoms with van der Waals surface area (Å²) in [6, 6.07) is 0. The molecule has 0 aliphatic carbocycles. The summed E-state index contributed by atoms with van der Waals surface area (Å²) in [5, 5.41) is 6.53. The smallest absolute Gasteiger partial charge is 0.134 e. The molecule has 5 nitrogen and oxygen atoms in total. The molecule has 1 saturated heterocycles. The third kappa shape index (κ3) is 3.80. The highest BCUT2D eigenvalue weighted by Crippen LogP contribution is 2.18. The number of likely N-dealkylation sites (tertiary alicyclic amines) is 1. The molecule has 1 unspecified atom stereocenters. The van der Waals surface area contributed by atoms with E-state index in [1.54, 1.807) is 6.33 Å². The molecule has 0 saturated carbocycles. The van der Waals surface area contributed by atoms with Crippen LogP contribution in [0, 0.1) is 12.8 Å². The lowest BCUT2D eigenvalue weighted by molar-refractivity contribution is 0.294. The van der Waals surface area contributed by atoms with E-state index in [1.165, 1.54) is 32.5 Å². The van der Waals surface area contributed by atoms with Crippen LogP contribution in [0.3, 0.4) is 0 Å². The maximum atomic E-state index is 4.31. The quantitative estimate of drug-likeness (QED) is 0.822. The Bertz CT molecular complexity index is 401. The summed E-state index contributed by atoms with van der Waals surface area (Å²) in [5.74, 6) is 2.46. The van der Waals surface area contributed by atoms with E-state index >= 15 is 0 Å². The Hall–Kier alpha value is -1.36. The van der Waals surface area contributed by atoms with Gasteiger partial charge in [0.2, 0.25) is 0 Å². The first-order valence-corrected chi connectivity index (χ1v) is 7.16. The number of rotatable bonds is 6. The van der Waals surface area contributed by atoms with Crippen molar-refractivity contribution < 1.29 is 0 Å². The van der Waals surface area contributed by atoms with Crippen molar-refractivity contribution in [2.45, 2.75) is 26.7 Å². The topological polar surface area (TPSA) is 53.1 Å². The van der Waals surface area contributed by atoms with Crippen LogP contribution in [0.15, 0.2) is 6.33 Å². The van der Waals surface area contributed by atoms with E-state index in [1.807, 2.05) is 14.0 Å². The number of aromatic nitrogens is 2. The van der Waals surface area contributed by atoms with Gasteiger partial charge in [-0.25, -0.2) is 9.97 Å². The van der Waals surface area contributed by atoms with E-state index in [2.05, 4.69) is 32.4 Å². The Kier molecular flexibility index (Phi) is 4.96. The van der Waals surface area contributed by atoms with Crippen molar-refractivity contribution in [3.63, 3.8) is 0 Å². The number of hydrogen-bond donors (Lipinski definition) is 2. The van der Waals surface area contributed by atoms with Gasteiger partial charge in [0.1, 0.15) is 18.0 Å². The summed E-state index contributed by atoms with van der Waals surface area (Å²) < 4.78 is 0. The van der Waals surface area contributed by atoms with Gasteiger partial charge in [0.05, 0.1) is 0 Å². The molecule has 0 spiro atoms. The Balaban J connectivity index is 1.84. The van der Waals surface area contributed by atoms with E-state index in [0.717, 1.165) is 23.7 Å². The van der Waals surface area contributed by atoms with Gasteiger partial charge in [-0.15, -0.1) is 0 Å². The van der Waals surface area contributed by atoms with Crippen LogP contribution >= 0.6 is 0 Å². The first-order valence-electron chi connectivity index (χ1n) is 7.16. The van der Waals surface area contributed by atoms with Gasteiger partial charge in [0, 0.05) is 25.7 Å². The summed E-state index contributed by atoms with van der Waals surface area (Å²) in [5.41, 5.74) is 1.08. The molecule has 1 fully saturated rings. The fourth-order valence-corrected chi connectivity index (χ4v) is 2.62. The molecule has 5 heteroatoms. The summed E-state index contributed by atoms with van der Waals surface area (Å²) in [6.07, 6.45) is 4.32. The molecule has 19 heavy (non-hydrogen) atoms. The summed E-state index contributed by atoms with van der Waals surface area (Å²) in [4.78, 5) is 11.1. The standard InChI is InChI=1S/C14H25N5/c1-11(9-19-6-4-5-7-19)8-16-14-12(2)13(15-3)17-10-18-14/h10-11H,4-9H2,1-3H3,(H2,15,16,17,18). The second-order valence-electron chi connectivity index (χ2n) is 5.44. The second kappa shape index (κ2) is 6.70. The van der Waals surface area contributed by atoms with E-state index in [4.69, 9.17) is 0 Å². The van der Waals surface area contributed by atoms with Crippen molar-refractivity contribution in [1.29, 1.82) is 0 Å². The van der Waals surface area contributed by atoms with Crippen molar-refractivity contribution in [3.8, 4) is 0 Å². The Morgan fingerprint density at radius 2 is 1.95 bits per heavy atom. The number of nitrogens with one attached hydrogen (secondary N) is 2. The molecular weight excluding hydrogens is 238 g/mol. The lowest BCUT2D eigenvalue weighted by atomic mass is 10.1. The van der Waals surface area contributed by atoms with Crippen LogP contribution in [0.2, 0.25) is 0 Å². The molecule has 1 aliphatic rings. The lowest BCUT2D eigenvalue weighted by Crippen LogP contribution is -2.29. The predicted molar refractivity (Wildman–Crippen MR) is 79.6 cm³/mol. The molecule has 1 atom stereocenters. The first-order chi connectivity index (χ1) is 9.20. The molecule has 1 aromatic rings. The number of nitrogens with zero attached hydrogens (tertiary/aromatic N) is 3. The third-order valence-electron chi connectivity index (χ3n) is 3.71. The predicted octanol–water partition coefficient (Wildman–Crippen LogP) is 1.97. The Morgan fingerprint density at radius 1 is 1.26 bits per heavy atom. The largest absolute Gasteiger partial charge is 0.373 e. The van der Waals surface area contributed by atoms with Gasteiger partial charge in [-0.1, -0.05) is 6.92 Å². The molecule has 2 rings (SSSR count). The molecule has 0 bridgehead atoms. The highest BCUT2D eigenvalue weighted by atomic mass is 15.1. The van der Waals surface area contributed by atoms with Crippen molar-refractivity contribution in [2.75, 3.05) is 43.9 Å². The third-order valence-corrected chi connectivity index (χ3v) is 3.71. The van der Waals surface area contributed by atoms with Crippen LogP contribution < -0.4 is 10.6 Å². The minimum atomic E-state index is 0.630. The van der Waals surface area contributed by atoms with Crippen LogP contribution in [0.25, 0.3) is 0 Å². The van der Waals surface area contributed by atoms with Gasteiger partial charge in [-0.05, 0) is 38.8 Å². The monoisotopic (exact) mass is 263 g/mol. The van der Waals surface area contributed by atoms with E-state index < -0.39 is 0 Å². The SMILES string of the molecule is CNc1ncnc(NCC(C)CN2CCCC2)c1C. The van der Waals surface area contributed by atoms with Crippen molar-refractivity contribution in [3.05, 3.63) is 11.9 Å². The molecule has 0 aromatic carbocycles. The van der Waals surface area contributed by atoms with E-state index in [9.17, 15) is 0 Å². The molecule has 106 valence electrons. The van der Waals surface area contributed by atoms with Crippen molar-refractivity contribution >= 4 is 11.6 Å². The zero-order valence-corrected chi connectivity index (χ0v) is 12.2. The lowest BCUT2D eigenvalue weighted by Gasteiger charge is -2.21. The van der Waals surface area contributed by atoms with E-state index in [-0.39, 0.29) is 0 Å². The minimum Gasteiger partial charge on any atom is -0.373 e. The van der Waals surface area contributed by atoms with E-state index in [0.29, 0.717) is 5.92 Å². The molecule has 2 heterocycles. The second-order valence-corrected chi connectivity index (χ2v) is 5.44. The highest BCUT2D eigenvalue weighted by molar-refractivity contribution is 5.55. The van der Waals surface area contributed by atoms with Crippen molar-refractivity contribution in [1.82, 2.24) is 14.9 Å². The zero-order valence-electron chi connectivity index (χ0n) is 12.2. The number of anilines is 2. The van der Waals surface area contributed by atoms with Crippen LogP contribution in [0.5, 0.6) is 0 Å². The molecule has 0 amide bonds. The van der Waals surface area contributed by atoms with Crippen LogP contribution in [0.4, 0.5) is 11.6 Å². The Morgan fingerprint density at radius 3 is 2.63 bits per heavy atom.